The molecule has 17 heavy (non-hydrogen) atoms. The van der Waals surface area contributed by atoms with E-state index in [0.29, 0.717) is 5.69 Å². The number of benzene rings is 1. The minimum atomic E-state index is 0.629. The van der Waals surface area contributed by atoms with Gasteiger partial charge in [0.15, 0.2) is 0 Å². The van der Waals surface area contributed by atoms with Crippen molar-refractivity contribution in [3.63, 3.8) is 0 Å². The van der Waals surface area contributed by atoms with E-state index in [1.54, 1.807) is 6.20 Å². The van der Waals surface area contributed by atoms with Gasteiger partial charge >= 0.3 is 0 Å². The monoisotopic (exact) mass is 467 g/mol. The van der Waals surface area contributed by atoms with E-state index in [0.717, 1.165) is 20.5 Å². The molecule has 2 rings (SSSR count). The SMILES string of the molecule is Nc1cnc(Nc2ccc(I)cc2Br)c(Br)c1. The highest BCUT2D eigenvalue weighted by molar-refractivity contribution is 14.1. The summed E-state index contributed by atoms with van der Waals surface area (Å²) in [6.45, 7) is 0. The number of nitrogens with zero attached hydrogens (tertiary/aromatic N) is 1. The van der Waals surface area contributed by atoms with E-state index in [2.05, 4.69) is 64.8 Å². The van der Waals surface area contributed by atoms with Crippen LogP contribution in [0.5, 0.6) is 0 Å². The molecule has 3 nitrogen and oxygen atoms in total. The molecular weight excluding hydrogens is 461 g/mol. The number of pyridine rings is 1. The normalized spacial score (nSPS) is 10.3. The number of rotatable bonds is 2. The summed E-state index contributed by atoms with van der Waals surface area (Å²) in [5.41, 5.74) is 7.23. The van der Waals surface area contributed by atoms with Gasteiger partial charge in [-0.05, 0) is 78.7 Å². The van der Waals surface area contributed by atoms with E-state index < -0.39 is 0 Å². The first-order valence-corrected chi connectivity index (χ1v) is 7.36. The van der Waals surface area contributed by atoms with Crippen molar-refractivity contribution in [1.82, 2.24) is 4.98 Å². The second-order valence-electron chi connectivity index (χ2n) is 3.35. The number of anilines is 3. The molecule has 0 aliphatic heterocycles. The van der Waals surface area contributed by atoms with Crippen LogP contribution in [0.1, 0.15) is 0 Å². The molecule has 0 atom stereocenters. The van der Waals surface area contributed by atoms with Crippen molar-refractivity contribution in [3.05, 3.63) is 43.0 Å². The van der Waals surface area contributed by atoms with Gasteiger partial charge in [-0.25, -0.2) is 4.98 Å². The lowest BCUT2D eigenvalue weighted by molar-refractivity contribution is 1.29. The highest BCUT2D eigenvalue weighted by Crippen LogP contribution is 2.30. The molecule has 0 amide bonds. The minimum absolute atomic E-state index is 0.629. The minimum Gasteiger partial charge on any atom is -0.397 e. The maximum absolute atomic E-state index is 5.64. The summed E-state index contributed by atoms with van der Waals surface area (Å²) in [5.74, 6) is 0.737. The predicted molar refractivity (Wildman–Crippen MR) is 86.5 cm³/mol. The van der Waals surface area contributed by atoms with Crippen LogP contribution in [-0.4, -0.2) is 4.98 Å². The van der Waals surface area contributed by atoms with Gasteiger partial charge in [0.05, 0.1) is 22.0 Å². The molecule has 6 heteroatoms. The molecule has 2 aromatic rings. The Morgan fingerprint density at radius 2 is 1.94 bits per heavy atom. The van der Waals surface area contributed by atoms with E-state index in [1.165, 1.54) is 3.57 Å². The number of nitrogens with one attached hydrogen (secondary N) is 1. The van der Waals surface area contributed by atoms with Crippen molar-refractivity contribution in [2.24, 2.45) is 0 Å². The van der Waals surface area contributed by atoms with Crippen LogP contribution in [0.3, 0.4) is 0 Å². The van der Waals surface area contributed by atoms with Gasteiger partial charge < -0.3 is 11.1 Å². The molecule has 0 saturated carbocycles. The Kier molecular flexibility index (Phi) is 4.26. The van der Waals surface area contributed by atoms with E-state index in [-0.39, 0.29) is 0 Å². The zero-order valence-corrected chi connectivity index (χ0v) is 13.9. The molecule has 0 fully saturated rings. The van der Waals surface area contributed by atoms with Crippen molar-refractivity contribution in [3.8, 4) is 0 Å². The fourth-order valence-corrected chi connectivity index (χ4v) is 3.13. The zero-order valence-electron chi connectivity index (χ0n) is 8.55. The number of hydrogen-bond donors (Lipinski definition) is 2. The third-order valence-electron chi connectivity index (χ3n) is 2.05. The third kappa shape index (κ3) is 3.32. The quantitative estimate of drug-likeness (QED) is 0.636. The van der Waals surface area contributed by atoms with Crippen molar-refractivity contribution >= 4 is 71.6 Å². The topological polar surface area (TPSA) is 50.9 Å². The Balaban J connectivity index is 2.31. The van der Waals surface area contributed by atoms with Crippen molar-refractivity contribution < 1.29 is 0 Å². The standard InChI is InChI=1S/C11H8Br2IN3/c12-8-3-6(14)1-2-10(8)17-11-9(13)4-7(15)5-16-11/h1-5H,15H2,(H,16,17). The maximum atomic E-state index is 5.64. The first-order valence-electron chi connectivity index (χ1n) is 4.69. The van der Waals surface area contributed by atoms with Crippen LogP contribution >= 0.6 is 54.5 Å². The van der Waals surface area contributed by atoms with Crippen molar-refractivity contribution in [1.29, 1.82) is 0 Å². The Labute approximate surface area is 130 Å². The Morgan fingerprint density at radius 1 is 1.18 bits per heavy atom. The van der Waals surface area contributed by atoms with Crippen LogP contribution in [0.15, 0.2) is 39.4 Å². The molecule has 0 unspecified atom stereocenters. The van der Waals surface area contributed by atoms with Crippen LogP contribution in [0.4, 0.5) is 17.2 Å². The van der Waals surface area contributed by atoms with Crippen LogP contribution in [-0.2, 0) is 0 Å². The number of hydrogen-bond acceptors (Lipinski definition) is 3. The highest BCUT2D eigenvalue weighted by atomic mass is 127. The number of aromatic nitrogens is 1. The molecule has 0 radical (unpaired) electrons. The van der Waals surface area contributed by atoms with E-state index in [4.69, 9.17) is 5.73 Å². The second-order valence-corrected chi connectivity index (χ2v) is 6.30. The van der Waals surface area contributed by atoms with Crippen LogP contribution in [0.25, 0.3) is 0 Å². The van der Waals surface area contributed by atoms with Gasteiger partial charge in [-0.15, -0.1) is 0 Å². The van der Waals surface area contributed by atoms with Crippen molar-refractivity contribution in [2.75, 3.05) is 11.1 Å². The number of halogens is 3. The maximum Gasteiger partial charge on any atom is 0.144 e. The Hall–Kier alpha value is -0.340. The molecule has 0 bridgehead atoms. The second kappa shape index (κ2) is 5.53. The first-order chi connectivity index (χ1) is 8.06. The van der Waals surface area contributed by atoms with Gasteiger partial charge in [0.25, 0.3) is 0 Å². The molecule has 88 valence electrons. The lowest BCUT2D eigenvalue weighted by Gasteiger charge is -2.10. The predicted octanol–water partition coefficient (Wildman–Crippen LogP) is 4.54. The zero-order chi connectivity index (χ0) is 12.4. The van der Waals surface area contributed by atoms with Gasteiger partial charge in [-0.2, -0.15) is 0 Å². The van der Waals surface area contributed by atoms with Crippen LogP contribution < -0.4 is 11.1 Å². The number of nitrogens with two attached hydrogens (primary N) is 1. The summed E-state index contributed by atoms with van der Waals surface area (Å²) in [6, 6.07) is 7.87. The summed E-state index contributed by atoms with van der Waals surface area (Å²) < 4.78 is 3.00. The average Bonchev–Trinajstić information content (AvgIpc) is 2.25. The third-order valence-corrected chi connectivity index (χ3v) is 3.98. The summed E-state index contributed by atoms with van der Waals surface area (Å²) in [6.07, 6.45) is 1.62. The molecule has 0 spiro atoms. The molecule has 0 aliphatic rings. The summed E-state index contributed by atoms with van der Waals surface area (Å²) in [4.78, 5) is 4.23. The highest BCUT2D eigenvalue weighted by Gasteiger charge is 2.05. The first kappa shape index (κ1) is 13.1. The fourth-order valence-electron chi connectivity index (χ4n) is 1.26. The van der Waals surface area contributed by atoms with Gasteiger partial charge in [0.2, 0.25) is 0 Å². The largest absolute Gasteiger partial charge is 0.397 e. The van der Waals surface area contributed by atoms with Crippen LogP contribution in [0, 0.1) is 3.57 Å². The van der Waals surface area contributed by atoms with Crippen LogP contribution in [0.2, 0.25) is 0 Å². The average molecular weight is 469 g/mol. The molecular formula is C11H8Br2IN3. The Morgan fingerprint density at radius 3 is 2.59 bits per heavy atom. The molecule has 3 N–H and O–H groups in total. The van der Waals surface area contributed by atoms with Gasteiger partial charge in [0.1, 0.15) is 5.82 Å². The van der Waals surface area contributed by atoms with Gasteiger partial charge in [0, 0.05) is 8.04 Å². The Bertz CT molecular complexity index is 511. The fraction of sp³-hybridized carbons (Fsp3) is 0. The number of nitrogen functional groups attached to an aromatic ring is 1. The van der Waals surface area contributed by atoms with Gasteiger partial charge in [-0.3, -0.25) is 0 Å². The molecule has 1 aromatic heterocycles. The lowest BCUT2D eigenvalue weighted by atomic mass is 10.3. The van der Waals surface area contributed by atoms with E-state index in [1.807, 2.05) is 24.3 Å². The molecule has 1 aromatic carbocycles. The summed E-state index contributed by atoms with van der Waals surface area (Å²) >= 11 is 9.20. The smallest absolute Gasteiger partial charge is 0.144 e. The summed E-state index contributed by atoms with van der Waals surface area (Å²) in [7, 11) is 0. The van der Waals surface area contributed by atoms with E-state index in [9.17, 15) is 0 Å². The van der Waals surface area contributed by atoms with Crippen molar-refractivity contribution in [2.45, 2.75) is 0 Å². The van der Waals surface area contributed by atoms with Gasteiger partial charge in [-0.1, -0.05) is 0 Å². The van der Waals surface area contributed by atoms with E-state index >= 15 is 0 Å². The lowest BCUT2D eigenvalue weighted by Crippen LogP contribution is -1.97. The molecule has 0 aliphatic carbocycles. The molecule has 1 heterocycles. The molecule has 0 saturated heterocycles. The summed E-state index contributed by atoms with van der Waals surface area (Å²) in [5, 5.41) is 3.23.